The lowest BCUT2D eigenvalue weighted by molar-refractivity contribution is 0.111. The molecule has 0 radical (unpaired) electrons. The highest BCUT2D eigenvalue weighted by atomic mass is 127. The van der Waals surface area contributed by atoms with Crippen molar-refractivity contribution in [3.63, 3.8) is 0 Å². The van der Waals surface area contributed by atoms with Gasteiger partial charge in [-0.1, -0.05) is 24.3 Å². The molecule has 0 aliphatic heterocycles. The Balaban J connectivity index is 0.00000392. The molecule has 0 spiro atoms. The molecule has 1 unspecified atom stereocenters. The number of methoxy groups -OCH3 is 2. The van der Waals surface area contributed by atoms with E-state index in [4.69, 9.17) is 9.47 Å². The number of aliphatic imine (C=N–C) groups is 1. The van der Waals surface area contributed by atoms with Gasteiger partial charge in [-0.15, -0.1) is 24.0 Å². The summed E-state index contributed by atoms with van der Waals surface area (Å²) in [4.78, 5) is 4.60. The maximum Gasteiger partial charge on any atom is 0.191 e. The summed E-state index contributed by atoms with van der Waals surface area (Å²) in [7, 11) is 3.29. The standard InChI is InChI=1S/C21H28FN3O2.HI/c1-4-23-21(24-14-13-16-5-11-19(26-2)12-6-16)25-15-20(27-3)17-7-9-18(22)10-8-17;/h5-12,20H,4,13-15H2,1-3H3,(H2,23,24,25);1H. The number of rotatable bonds is 9. The van der Waals surface area contributed by atoms with Gasteiger partial charge < -0.3 is 20.1 Å². The summed E-state index contributed by atoms with van der Waals surface area (Å²) in [5.74, 6) is 1.33. The highest BCUT2D eigenvalue weighted by Gasteiger charge is 2.10. The van der Waals surface area contributed by atoms with Crippen molar-refractivity contribution in [1.82, 2.24) is 10.6 Å². The van der Waals surface area contributed by atoms with Crippen molar-refractivity contribution >= 4 is 29.9 Å². The van der Waals surface area contributed by atoms with Crippen LogP contribution in [-0.4, -0.2) is 39.8 Å². The first-order valence-corrected chi connectivity index (χ1v) is 9.09. The third kappa shape index (κ3) is 8.02. The van der Waals surface area contributed by atoms with E-state index in [0.29, 0.717) is 6.54 Å². The second kappa shape index (κ2) is 13.3. The topological polar surface area (TPSA) is 54.9 Å². The highest BCUT2D eigenvalue weighted by Crippen LogP contribution is 2.17. The normalized spacial score (nSPS) is 12.1. The molecule has 0 aliphatic rings. The molecule has 0 bridgehead atoms. The van der Waals surface area contributed by atoms with Gasteiger partial charge >= 0.3 is 0 Å². The Labute approximate surface area is 183 Å². The Hall–Kier alpha value is -1.87. The monoisotopic (exact) mass is 501 g/mol. The number of benzene rings is 2. The molecular formula is C21H29FIN3O2. The quantitative estimate of drug-likeness (QED) is 0.311. The van der Waals surface area contributed by atoms with Crippen LogP contribution in [0.5, 0.6) is 5.75 Å². The van der Waals surface area contributed by atoms with Gasteiger partial charge in [0.15, 0.2) is 5.96 Å². The SMILES string of the molecule is CCNC(=NCC(OC)c1ccc(F)cc1)NCCc1ccc(OC)cc1.I. The molecule has 7 heteroatoms. The van der Waals surface area contributed by atoms with Gasteiger partial charge in [0.1, 0.15) is 17.7 Å². The molecule has 0 heterocycles. The molecule has 0 fully saturated rings. The molecule has 2 aromatic carbocycles. The number of ether oxygens (including phenoxy) is 2. The summed E-state index contributed by atoms with van der Waals surface area (Å²) < 4.78 is 23.8. The second-order valence-corrected chi connectivity index (χ2v) is 6.02. The van der Waals surface area contributed by atoms with Crippen LogP contribution in [0.2, 0.25) is 0 Å². The van der Waals surface area contributed by atoms with Gasteiger partial charge in [0.2, 0.25) is 0 Å². The molecule has 0 saturated carbocycles. The smallest absolute Gasteiger partial charge is 0.191 e. The average molecular weight is 501 g/mol. The number of hydrogen-bond donors (Lipinski definition) is 2. The second-order valence-electron chi connectivity index (χ2n) is 6.02. The largest absolute Gasteiger partial charge is 0.497 e. The van der Waals surface area contributed by atoms with Crippen LogP contribution < -0.4 is 15.4 Å². The molecule has 0 aromatic heterocycles. The van der Waals surface area contributed by atoms with E-state index in [0.717, 1.165) is 36.8 Å². The Bertz CT molecular complexity index is 709. The molecule has 28 heavy (non-hydrogen) atoms. The van der Waals surface area contributed by atoms with E-state index in [2.05, 4.69) is 27.8 Å². The lowest BCUT2D eigenvalue weighted by atomic mass is 10.1. The van der Waals surface area contributed by atoms with Crippen LogP contribution in [0.25, 0.3) is 0 Å². The summed E-state index contributed by atoms with van der Waals surface area (Å²) in [6.45, 7) is 3.99. The number of hydrogen-bond acceptors (Lipinski definition) is 3. The summed E-state index contributed by atoms with van der Waals surface area (Å²) >= 11 is 0. The average Bonchev–Trinajstić information content (AvgIpc) is 2.70. The van der Waals surface area contributed by atoms with Gasteiger partial charge in [-0.2, -0.15) is 0 Å². The molecule has 5 nitrogen and oxygen atoms in total. The number of guanidine groups is 1. The van der Waals surface area contributed by atoms with Gasteiger partial charge in [-0.3, -0.25) is 4.99 Å². The Morgan fingerprint density at radius 2 is 1.71 bits per heavy atom. The van der Waals surface area contributed by atoms with Gasteiger partial charge in [0, 0.05) is 20.2 Å². The Kier molecular flexibility index (Phi) is 11.5. The first-order chi connectivity index (χ1) is 13.2. The van der Waals surface area contributed by atoms with E-state index in [1.807, 2.05) is 19.1 Å². The fourth-order valence-electron chi connectivity index (χ4n) is 2.63. The van der Waals surface area contributed by atoms with Crippen molar-refractivity contribution < 1.29 is 13.9 Å². The molecule has 2 N–H and O–H groups in total. The molecule has 0 aliphatic carbocycles. The number of nitrogens with one attached hydrogen (secondary N) is 2. The van der Waals surface area contributed by atoms with Crippen LogP contribution in [0.3, 0.4) is 0 Å². The van der Waals surface area contributed by atoms with Crippen molar-refractivity contribution in [3.8, 4) is 5.75 Å². The minimum Gasteiger partial charge on any atom is -0.497 e. The molecule has 2 rings (SSSR count). The Morgan fingerprint density at radius 3 is 2.29 bits per heavy atom. The fraction of sp³-hybridized carbons (Fsp3) is 0.381. The van der Waals surface area contributed by atoms with Crippen molar-refractivity contribution in [2.75, 3.05) is 33.9 Å². The van der Waals surface area contributed by atoms with Gasteiger partial charge in [0.05, 0.1) is 13.7 Å². The zero-order valence-corrected chi connectivity index (χ0v) is 18.9. The summed E-state index contributed by atoms with van der Waals surface area (Å²) in [6.07, 6.45) is 0.655. The lowest BCUT2D eigenvalue weighted by Crippen LogP contribution is -2.38. The van der Waals surface area contributed by atoms with Gasteiger partial charge in [-0.25, -0.2) is 4.39 Å². The Morgan fingerprint density at radius 1 is 1.04 bits per heavy atom. The van der Waals surface area contributed by atoms with Crippen molar-refractivity contribution in [2.45, 2.75) is 19.4 Å². The summed E-state index contributed by atoms with van der Waals surface area (Å²) in [6, 6.07) is 14.3. The van der Waals surface area contributed by atoms with E-state index in [1.165, 1.54) is 17.7 Å². The fourth-order valence-corrected chi connectivity index (χ4v) is 2.63. The molecule has 154 valence electrons. The molecular weight excluding hydrogens is 472 g/mol. The van der Waals surface area contributed by atoms with E-state index < -0.39 is 0 Å². The predicted octanol–water partition coefficient (Wildman–Crippen LogP) is 3.94. The molecule has 0 saturated heterocycles. The van der Waals surface area contributed by atoms with E-state index in [1.54, 1.807) is 26.4 Å². The van der Waals surface area contributed by atoms with E-state index in [-0.39, 0.29) is 35.9 Å². The van der Waals surface area contributed by atoms with Crippen molar-refractivity contribution in [2.24, 2.45) is 4.99 Å². The third-order valence-electron chi connectivity index (χ3n) is 4.15. The summed E-state index contributed by atoms with van der Waals surface area (Å²) in [5, 5.41) is 6.56. The van der Waals surface area contributed by atoms with Crippen LogP contribution >= 0.6 is 24.0 Å². The maximum absolute atomic E-state index is 13.1. The van der Waals surface area contributed by atoms with Crippen LogP contribution in [0.15, 0.2) is 53.5 Å². The lowest BCUT2D eigenvalue weighted by Gasteiger charge is -2.16. The minimum atomic E-state index is -0.259. The van der Waals surface area contributed by atoms with Crippen LogP contribution in [0.1, 0.15) is 24.2 Å². The number of halogens is 2. The predicted molar refractivity (Wildman–Crippen MR) is 122 cm³/mol. The van der Waals surface area contributed by atoms with Gasteiger partial charge in [0.25, 0.3) is 0 Å². The first-order valence-electron chi connectivity index (χ1n) is 9.09. The van der Waals surface area contributed by atoms with E-state index in [9.17, 15) is 4.39 Å². The highest BCUT2D eigenvalue weighted by molar-refractivity contribution is 14.0. The zero-order valence-electron chi connectivity index (χ0n) is 16.6. The van der Waals surface area contributed by atoms with Crippen LogP contribution in [0.4, 0.5) is 4.39 Å². The molecule has 0 amide bonds. The summed E-state index contributed by atoms with van der Waals surface area (Å²) in [5.41, 5.74) is 2.12. The van der Waals surface area contributed by atoms with Crippen molar-refractivity contribution in [1.29, 1.82) is 0 Å². The first kappa shape index (κ1) is 24.2. The van der Waals surface area contributed by atoms with Crippen LogP contribution in [0, 0.1) is 5.82 Å². The number of nitrogens with zero attached hydrogens (tertiary/aromatic N) is 1. The third-order valence-corrected chi connectivity index (χ3v) is 4.15. The van der Waals surface area contributed by atoms with Crippen LogP contribution in [-0.2, 0) is 11.2 Å². The van der Waals surface area contributed by atoms with Gasteiger partial charge in [-0.05, 0) is 48.7 Å². The van der Waals surface area contributed by atoms with Crippen molar-refractivity contribution in [3.05, 3.63) is 65.5 Å². The van der Waals surface area contributed by atoms with E-state index >= 15 is 0 Å². The zero-order chi connectivity index (χ0) is 19.5. The molecule has 1 atom stereocenters. The minimum absolute atomic E-state index is 0. The maximum atomic E-state index is 13.1. The molecule has 2 aromatic rings.